The van der Waals surface area contributed by atoms with E-state index in [1.165, 1.54) is 0 Å². The van der Waals surface area contributed by atoms with E-state index in [0.717, 1.165) is 12.8 Å². The summed E-state index contributed by atoms with van der Waals surface area (Å²) < 4.78 is 27.4. The number of alkyl halides is 1. The molecule has 1 unspecified atom stereocenters. The molecule has 3 rings (SSSR count). The van der Waals surface area contributed by atoms with E-state index < -0.39 is 10.0 Å². The normalized spacial score (nSPS) is 20.7. The number of fused-ring (bicyclic) bond motifs is 1. The minimum atomic E-state index is -3.50. The molecule has 1 aliphatic heterocycles. The average molecular weight is 325 g/mol. The lowest BCUT2D eigenvalue weighted by molar-refractivity contribution is 0.284. The smallest absolute Gasteiger partial charge is 0.243 e. The first-order valence-electron chi connectivity index (χ1n) is 7.03. The first-order valence-corrected chi connectivity index (χ1v) is 9.00. The molecule has 1 saturated heterocycles. The quantitative estimate of drug-likeness (QED) is 0.816. The number of sulfonamides is 1. The van der Waals surface area contributed by atoms with Crippen molar-refractivity contribution in [2.45, 2.75) is 17.7 Å². The third-order valence-electron chi connectivity index (χ3n) is 3.92. The Kier molecular flexibility index (Phi) is 4.15. The highest BCUT2D eigenvalue weighted by atomic mass is 35.5. The molecule has 6 heteroatoms. The maximum Gasteiger partial charge on any atom is 0.243 e. The van der Waals surface area contributed by atoms with Crippen molar-refractivity contribution in [3.05, 3.63) is 36.5 Å². The van der Waals surface area contributed by atoms with Gasteiger partial charge < -0.3 is 0 Å². The largest absolute Gasteiger partial charge is 0.256 e. The molecule has 0 spiro atoms. The highest BCUT2D eigenvalue weighted by Gasteiger charge is 2.30. The standard InChI is InChI=1S/C15H17ClN2O2S/c16-10-12-4-3-9-18(11-12)21(19,20)15-7-1-6-14-13(15)5-2-8-17-14/h1-2,5-8,12H,3-4,9-11H2. The summed E-state index contributed by atoms with van der Waals surface area (Å²) in [6.07, 6.45) is 3.52. The van der Waals surface area contributed by atoms with Crippen LogP contribution in [0.3, 0.4) is 0 Å². The van der Waals surface area contributed by atoms with Crippen molar-refractivity contribution in [3.8, 4) is 0 Å². The Balaban J connectivity index is 2.04. The lowest BCUT2D eigenvalue weighted by Crippen LogP contribution is -2.40. The summed E-state index contributed by atoms with van der Waals surface area (Å²) in [5.41, 5.74) is 0.699. The lowest BCUT2D eigenvalue weighted by atomic mass is 10.0. The third kappa shape index (κ3) is 2.78. The Morgan fingerprint density at radius 2 is 2.14 bits per heavy atom. The average Bonchev–Trinajstić information content (AvgIpc) is 2.54. The summed E-state index contributed by atoms with van der Waals surface area (Å²) in [5.74, 6) is 0.742. The van der Waals surface area contributed by atoms with Crippen molar-refractivity contribution >= 4 is 32.5 Å². The van der Waals surface area contributed by atoms with Gasteiger partial charge in [-0.3, -0.25) is 4.98 Å². The summed E-state index contributed by atoms with van der Waals surface area (Å²) in [7, 11) is -3.50. The number of piperidine rings is 1. The van der Waals surface area contributed by atoms with Crippen molar-refractivity contribution in [2.24, 2.45) is 5.92 Å². The van der Waals surface area contributed by atoms with Crippen LogP contribution in [-0.4, -0.2) is 36.7 Å². The molecule has 1 atom stereocenters. The molecule has 2 heterocycles. The van der Waals surface area contributed by atoms with E-state index in [9.17, 15) is 8.42 Å². The Morgan fingerprint density at radius 3 is 2.95 bits per heavy atom. The number of nitrogens with zero attached hydrogens (tertiary/aromatic N) is 2. The van der Waals surface area contributed by atoms with Gasteiger partial charge in [0.15, 0.2) is 0 Å². The summed E-state index contributed by atoms with van der Waals surface area (Å²) in [6.45, 7) is 1.06. The highest BCUT2D eigenvalue weighted by molar-refractivity contribution is 7.89. The van der Waals surface area contributed by atoms with Crippen LogP contribution in [0.25, 0.3) is 10.9 Å². The van der Waals surface area contributed by atoms with Gasteiger partial charge in [0.25, 0.3) is 0 Å². The Hall–Kier alpha value is -1.17. The second-order valence-corrected chi connectivity index (χ2v) is 7.57. The molecule has 0 bridgehead atoms. The molecule has 1 aromatic carbocycles. The fourth-order valence-corrected chi connectivity index (χ4v) is 4.82. The molecule has 112 valence electrons. The van der Waals surface area contributed by atoms with Crippen LogP contribution in [0.1, 0.15) is 12.8 Å². The second-order valence-electron chi connectivity index (χ2n) is 5.35. The minimum absolute atomic E-state index is 0.239. The first-order chi connectivity index (χ1) is 10.1. The van der Waals surface area contributed by atoms with E-state index in [2.05, 4.69) is 4.98 Å². The van der Waals surface area contributed by atoms with Crippen LogP contribution in [0.4, 0.5) is 0 Å². The fraction of sp³-hybridized carbons (Fsp3) is 0.400. The molecule has 0 N–H and O–H groups in total. The summed E-state index contributed by atoms with van der Waals surface area (Å²) in [5, 5.41) is 0.674. The van der Waals surface area contributed by atoms with Crippen LogP contribution in [0.2, 0.25) is 0 Å². The van der Waals surface area contributed by atoms with E-state index in [1.54, 1.807) is 34.8 Å². The van der Waals surface area contributed by atoms with Gasteiger partial charge in [-0.2, -0.15) is 4.31 Å². The van der Waals surface area contributed by atoms with Crippen LogP contribution < -0.4 is 0 Å². The van der Waals surface area contributed by atoms with Gasteiger partial charge in [0.1, 0.15) is 0 Å². The van der Waals surface area contributed by atoms with E-state index in [-0.39, 0.29) is 5.92 Å². The summed E-state index contributed by atoms with van der Waals surface area (Å²) in [4.78, 5) is 4.56. The summed E-state index contributed by atoms with van der Waals surface area (Å²) >= 11 is 5.91. The Morgan fingerprint density at radius 1 is 1.29 bits per heavy atom. The molecular formula is C15H17ClN2O2S. The van der Waals surface area contributed by atoms with E-state index in [1.807, 2.05) is 6.07 Å². The Bertz CT molecular complexity index is 743. The number of aromatic nitrogens is 1. The van der Waals surface area contributed by atoms with Gasteiger partial charge in [0, 0.05) is 30.6 Å². The molecule has 0 aliphatic carbocycles. The van der Waals surface area contributed by atoms with Crippen molar-refractivity contribution in [1.82, 2.24) is 9.29 Å². The van der Waals surface area contributed by atoms with Crippen LogP contribution in [-0.2, 0) is 10.0 Å². The maximum absolute atomic E-state index is 12.9. The van der Waals surface area contributed by atoms with Crippen LogP contribution in [0.5, 0.6) is 0 Å². The van der Waals surface area contributed by atoms with Gasteiger partial charge in [-0.1, -0.05) is 6.07 Å². The fourth-order valence-electron chi connectivity index (χ4n) is 2.81. The third-order valence-corrected chi connectivity index (χ3v) is 6.28. The molecule has 0 radical (unpaired) electrons. The number of hydrogen-bond acceptors (Lipinski definition) is 3. The zero-order chi connectivity index (χ0) is 14.9. The molecular weight excluding hydrogens is 308 g/mol. The molecule has 4 nitrogen and oxygen atoms in total. The van der Waals surface area contributed by atoms with Gasteiger partial charge >= 0.3 is 0 Å². The van der Waals surface area contributed by atoms with E-state index in [4.69, 9.17) is 11.6 Å². The highest BCUT2D eigenvalue weighted by Crippen LogP contribution is 2.28. The first kappa shape index (κ1) is 14.8. The number of hydrogen-bond donors (Lipinski definition) is 0. The molecule has 1 aliphatic rings. The molecule has 0 amide bonds. The van der Waals surface area contributed by atoms with Gasteiger partial charge in [-0.05, 0) is 43.0 Å². The maximum atomic E-state index is 12.9. The number of pyridine rings is 1. The number of rotatable bonds is 3. The van der Waals surface area contributed by atoms with Gasteiger partial charge in [-0.15, -0.1) is 11.6 Å². The SMILES string of the molecule is O=S(=O)(c1cccc2ncccc12)N1CCCC(CCl)C1. The molecule has 2 aromatic rings. The van der Waals surface area contributed by atoms with E-state index in [0.29, 0.717) is 34.8 Å². The number of halogens is 1. The molecule has 21 heavy (non-hydrogen) atoms. The topological polar surface area (TPSA) is 50.3 Å². The zero-order valence-corrected chi connectivity index (χ0v) is 13.1. The molecule has 1 fully saturated rings. The van der Waals surface area contributed by atoms with Gasteiger partial charge in [0.2, 0.25) is 10.0 Å². The van der Waals surface area contributed by atoms with Crippen LogP contribution in [0, 0.1) is 5.92 Å². The van der Waals surface area contributed by atoms with Crippen molar-refractivity contribution in [1.29, 1.82) is 0 Å². The Labute approximate surface area is 129 Å². The number of benzene rings is 1. The zero-order valence-electron chi connectivity index (χ0n) is 11.6. The molecule has 0 saturated carbocycles. The predicted octanol–water partition coefficient (Wildman–Crippen LogP) is 2.87. The summed E-state index contributed by atoms with van der Waals surface area (Å²) in [6, 6.07) is 8.79. The van der Waals surface area contributed by atoms with Crippen molar-refractivity contribution in [3.63, 3.8) is 0 Å². The molecule has 1 aromatic heterocycles. The van der Waals surface area contributed by atoms with E-state index >= 15 is 0 Å². The monoisotopic (exact) mass is 324 g/mol. The van der Waals surface area contributed by atoms with Crippen molar-refractivity contribution in [2.75, 3.05) is 19.0 Å². The lowest BCUT2D eigenvalue weighted by Gasteiger charge is -2.31. The van der Waals surface area contributed by atoms with Crippen LogP contribution >= 0.6 is 11.6 Å². The van der Waals surface area contributed by atoms with Crippen LogP contribution in [0.15, 0.2) is 41.4 Å². The minimum Gasteiger partial charge on any atom is -0.256 e. The van der Waals surface area contributed by atoms with Crippen molar-refractivity contribution < 1.29 is 8.42 Å². The van der Waals surface area contributed by atoms with Gasteiger partial charge in [-0.25, -0.2) is 8.42 Å². The second kappa shape index (κ2) is 5.91. The predicted molar refractivity (Wildman–Crippen MR) is 83.9 cm³/mol. The van der Waals surface area contributed by atoms with Gasteiger partial charge in [0.05, 0.1) is 10.4 Å².